The van der Waals surface area contributed by atoms with E-state index in [-0.39, 0.29) is 17.1 Å². The number of aromatic carboxylic acids is 1. The average Bonchev–Trinajstić information content (AvgIpc) is 2.61. The van der Waals surface area contributed by atoms with Crippen LogP contribution in [-0.4, -0.2) is 39.1 Å². The summed E-state index contributed by atoms with van der Waals surface area (Å²) in [6.45, 7) is 3.54. The van der Waals surface area contributed by atoms with Crippen molar-refractivity contribution in [2.45, 2.75) is 19.8 Å². The van der Waals surface area contributed by atoms with Crippen molar-refractivity contribution in [3.63, 3.8) is 0 Å². The number of aromatic nitrogens is 2. The summed E-state index contributed by atoms with van der Waals surface area (Å²) in [5, 5.41) is 23.5. The number of hydrogen-bond acceptors (Lipinski definition) is 7. The highest BCUT2D eigenvalue weighted by molar-refractivity contribution is 5.88. The molecule has 1 atom stereocenters. The summed E-state index contributed by atoms with van der Waals surface area (Å²) in [7, 11) is 0. The number of rotatable bonds is 5. The molecule has 1 aliphatic heterocycles. The van der Waals surface area contributed by atoms with Crippen molar-refractivity contribution in [2.24, 2.45) is 5.92 Å². The summed E-state index contributed by atoms with van der Waals surface area (Å²) in [6.07, 6.45) is 3.35. The van der Waals surface area contributed by atoms with Gasteiger partial charge in [-0.25, -0.2) is 14.8 Å². The maximum Gasteiger partial charge on any atom is 0.353 e. The third-order valence-corrected chi connectivity index (χ3v) is 4.34. The number of nitro groups is 1. The van der Waals surface area contributed by atoms with Crippen LogP contribution in [0.4, 0.5) is 23.0 Å². The third kappa shape index (κ3) is 3.71. The van der Waals surface area contributed by atoms with Gasteiger partial charge in [-0.3, -0.25) is 10.1 Å². The Morgan fingerprint density at radius 3 is 2.69 bits per heavy atom. The molecule has 0 aliphatic carbocycles. The van der Waals surface area contributed by atoms with Crippen LogP contribution in [0.3, 0.4) is 0 Å². The summed E-state index contributed by atoms with van der Waals surface area (Å²) in [5.74, 6) is -0.202. The molecule has 1 unspecified atom stereocenters. The third-order valence-electron chi connectivity index (χ3n) is 4.34. The molecule has 1 aromatic heterocycles. The van der Waals surface area contributed by atoms with E-state index in [9.17, 15) is 14.9 Å². The SMILES string of the molecule is CC1CCCN(c2ncnc(Nc3ccc(C(=O)O)cc3)c2[N+](=O)[O-])C1. The molecule has 2 N–H and O–H groups in total. The van der Waals surface area contributed by atoms with Crippen molar-refractivity contribution in [3.05, 3.63) is 46.3 Å². The number of carboxylic acid groups (broad SMARTS) is 1. The van der Waals surface area contributed by atoms with Crippen LogP contribution in [-0.2, 0) is 0 Å². The summed E-state index contributed by atoms with van der Waals surface area (Å²) in [4.78, 5) is 32.2. The molecule has 0 bridgehead atoms. The van der Waals surface area contributed by atoms with E-state index in [0.717, 1.165) is 19.4 Å². The van der Waals surface area contributed by atoms with Gasteiger partial charge in [-0.1, -0.05) is 6.92 Å². The van der Waals surface area contributed by atoms with Gasteiger partial charge in [0, 0.05) is 18.8 Å². The van der Waals surface area contributed by atoms with Gasteiger partial charge in [0.05, 0.1) is 10.5 Å². The van der Waals surface area contributed by atoms with Crippen molar-refractivity contribution < 1.29 is 14.8 Å². The van der Waals surface area contributed by atoms with Crippen LogP contribution in [0.2, 0.25) is 0 Å². The van der Waals surface area contributed by atoms with Crippen molar-refractivity contribution in [1.82, 2.24) is 9.97 Å². The summed E-state index contributed by atoms with van der Waals surface area (Å²) in [6, 6.07) is 5.92. The molecule has 1 aromatic carbocycles. The van der Waals surface area contributed by atoms with Gasteiger partial charge in [-0.05, 0) is 43.0 Å². The Balaban J connectivity index is 1.92. The maximum atomic E-state index is 11.7. The number of nitrogens with one attached hydrogen (secondary N) is 1. The molecular weight excluding hydrogens is 338 g/mol. The van der Waals surface area contributed by atoms with Crippen molar-refractivity contribution in [1.29, 1.82) is 0 Å². The highest BCUT2D eigenvalue weighted by Gasteiger charge is 2.29. The predicted molar refractivity (Wildman–Crippen MR) is 96.0 cm³/mol. The zero-order valence-corrected chi connectivity index (χ0v) is 14.3. The van der Waals surface area contributed by atoms with Gasteiger partial charge in [-0.2, -0.15) is 0 Å². The Hall–Kier alpha value is -3.23. The minimum absolute atomic E-state index is 0.0845. The Bertz CT molecular complexity index is 824. The van der Waals surface area contributed by atoms with Gasteiger partial charge < -0.3 is 15.3 Å². The molecule has 0 saturated carbocycles. The normalized spacial score (nSPS) is 17.0. The van der Waals surface area contributed by atoms with E-state index < -0.39 is 10.9 Å². The topological polar surface area (TPSA) is 121 Å². The van der Waals surface area contributed by atoms with Gasteiger partial charge >= 0.3 is 11.7 Å². The van der Waals surface area contributed by atoms with E-state index in [2.05, 4.69) is 22.2 Å². The lowest BCUT2D eigenvalue weighted by Crippen LogP contribution is -2.35. The minimum Gasteiger partial charge on any atom is -0.478 e. The first-order valence-corrected chi connectivity index (χ1v) is 8.30. The summed E-state index contributed by atoms with van der Waals surface area (Å²) in [5.41, 5.74) is 0.467. The molecule has 136 valence electrons. The lowest BCUT2D eigenvalue weighted by molar-refractivity contribution is -0.383. The zero-order valence-electron chi connectivity index (χ0n) is 14.3. The lowest BCUT2D eigenvalue weighted by atomic mass is 10.0. The smallest absolute Gasteiger partial charge is 0.353 e. The molecule has 9 nitrogen and oxygen atoms in total. The quantitative estimate of drug-likeness (QED) is 0.618. The first-order valence-electron chi connectivity index (χ1n) is 8.30. The van der Waals surface area contributed by atoms with E-state index in [1.807, 2.05) is 4.90 Å². The molecule has 1 aliphatic rings. The maximum absolute atomic E-state index is 11.7. The highest BCUT2D eigenvalue weighted by Crippen LogP contribution is 2.35. The Morgan fingerprint density at radius 1 is 1.35 bits per heavy atom. The lowest BCUT2D eigenvalue weighted by Gasteiger charge is -2.31. The van der Waals surface area contributed by atoms with E-state index in [1.54, 1.807) is 0 Å². The molecule has 3 rings (SSSR count). The number of piperidine rings is 1. The fourth-order valence-corrected chi connectivity index (χ4v) is 3.08. The van der Waals surface area contributed by atoms with Crippen molar-refractivity contribution in [2.75, 3.05) is 23.3 Å². The van der Waals surface area contributed by atoms with Crippen LogP contribution in [0.25, 0.3) is 0 Å². The standard InChI is InChI=1S/C17H19N5O4/c1-11-3-2-8-21(9-11)16-14(22(25)26)15(18-10-19-16)20-13-6-4-12(5-7-13)17(23)24/h4-7,10-11H,2-3,8-9H2,1H3,(H,23,24)(H,18,19,20). The van der Waals surface area contributed by atoms with Crippen molar-refractivity contribution in [3.8, 4) is 0 Å². The van der Waals surface area contributed by atoms with Gasteiger partial charge in [0.15, 0.2) is 0 Å². The second kappa shape index (κ2) is 7.34. The second-order valence-corrected chi connectivity index (χ2v) is 6.35. The van der Waals surface area contributed by atoms with E-state index in [4.69, 9.17) is 5.11 Å². The molecular formula is C17H19N5O4. The first kappa shape index (κ1) is 17.6. The summed E-state index contributed by atoms with van der Waals surface area (Å²) < 4.78 is 0. The van der Waals surface area contributed by atoms with E-state index >= 15 is 0 Å². The molecule has 1 fully saturated rings. The van der Waals surface area contributed by atoms with E-state index in [1.165, 1.54) is 30.6 Å². The largest absolute Gasteiger partial charge is 0.478 e. The van der Waals surface area contributed by atoms with Gasteiger partial charge in [-0.15, -0.1) is 0 Å². The monoisotopic (exact) mass is 357 g/mol. The molecule has 26 heavy (non-hydrogen) atoms. The summed E-state index contributed by atoms with van der Waals surface area (Å²) >= 11 is 0. The number of carbonyl (C=O) groups is 1. The Kier molecular flexibility index (Phi) is 4.97. The molecule has 0 amide bonds. The van der Waals surface area contributed by atoms with Gasteiger partial charge in [0.1, 0.15) is 6.33 Å². The Labute approximate surface area is 149 Å². The molecule has 2 heterocycles. The van der Waals surface area contributed by atoms with Crippen LogP contribution in [0.1, 0.15) is 30.1 Å². The van der Waals surface area contributed by atoms with Crippen molar-refractivity contribution >= 4 is 29.0 Å². The predicted octanol–water partition coefficient (Wildman–Crippen LogP) is 3.06. The zero-order chi connectivity index (χ0) is 18.7. The first-order chi connectivity index (χ1) is 12.5. The van der Waals surface area contributed by atoms with E-state index in [0.29, 0.717) is 24.0 Å². The number of benzene rings is 1. The fourth-order valence-electron chi connectivity index (χ4n) is 3.08. The number of anilines is 3. The number of carboxylic acids is 1. The van der Waals surface area contributed by atoms with Crippen LogP contribution < -0.4 is 10.2 Å². The van der Waals surface area contributed by atoms with Crippen LogP contribution in [0.5, 0.6) is 0 Å². The average molecular weight is 357 g/mol. The number of nitrogens with zero attached hydrogens (tertiary/aromatic N) is 4. The minimum atomic E-state index is -1.04. The van der Waals surface area contributed by atoms with Gasteiger partial charge in [0.2, 0.25) is 11.6 Å². The molecule has 1 saturated heterocycles. The Morgan fingerprint density at radius 2 is 2.08 bits per heavy atom. The fraction of sp³-hybridized carbons (Fsp3) is 0.353. The molecule has 0 radical (unpaired) electrons. The highest BCUT2D eigenvalue weighted by atomic mass is 16.6. The van der Waals surface area contributed by atoms with Crippen LogP contribution in [0.15, 0.2) is 30.6 Å². The molecule has 0 spiro atoms. The second-order valence-electron chi connectivity index (χ2n) is 6.35. The van der Waals surface area contributed by atoms with Crippen LogP contribution >= 0.6 is 0 Å². The van der Waals surface area contributed by atoms with Crippen LogP contribution in [0, 0.1) is 16.0 Å². The van der Waals surface area contributed by atoms with Gasteiger partial charge in [0.25, 0.3) is 0 Å². The molecule has 9 heteroatoms. The molecule has 2 aromatic rings. The number of hydrogen-bond donors (Lipinski definition) is 2.